The van der Waals surface area contributed by atoms with Crippen molar-refractivity contribution >= 4 is 32.3 Å². The van der Waals surface area contributed by atoms with Crippen LogP contribution in [0.1, 0.15) is 134 Å². The monoisotopic (exact) mass is 721 g/mol. The molecule has 0 saturated carbocycles. The predicted molar refractivity (Wildman–Crippen MR) is 246 cm³/mol. The second kappa shape index (κ2) is 15.3. The molecule has 0 amide bonds. The highest BCUT2D eigenvalue weighted by molar-refractivity contribution is 5.99. The summed E-state index contributed by atoms with van der Waals surface area (Å²) in [5.41, 5.74) is 34.9. The van der Waals surface area contributed by atoms with Crippen LogP contribution in [0.2, 0.25) is 0 Å². The molecular weight excluding hydrogens is 649 g/mol. The summed E-state index contributed by atoms with van der Waals surface area (Å²) in [5.74, 6) is 0. The van der Waals surface area contributed by atoms with E-state index in [0.29, 0.717) is 0 Å². The molecule has 0 heterocycles. The van der Waals surface area contributed by atoms with Crippen molar-refractivity contribution in [1.82, 2.24) is 0 Å². The van der Waals surface area contributed by atoms with Crippen molar-refractivity contribution in [2.75, 3.05) is 0 Å². The highest BCUT2D eigenvalue weighted by Crippen LogP contribution is 2.39. The highest BCUT2D eigenvalue weighted by atomic mass is 14.2. The number of hydrogen-bond donors (Lipinski definition) is 0. The van der Waals surface area contributed by atoms with Crippen LogP contribution in [0.5, 0.6) is 0 Å². The molecule has 6 aromatic rings. The summed E-state index contributed by atoms with van der Waals surface area (Å²) in [5, 5.41) is 8.90. The zero-order chi connectivity index (χ0) is 41.3. The van der Waals surface area contributed by atoms with E-state index >= 15 is 0 Å². The maximum atomic E-state index is 2.27. The molecule has 0 unspecified atom stereocenters. The van der Waals surface area contributed by atoms with Gasteiger partial charge in [0.05, 0.1) is 0 Å². The lowest BCUT2D eigenvalue weighted by Gasteiger charge is -2.21. The number of rotatable bonds is 0. The first-order valence-corrected chi connectivity index (χ1v) is 20.2. The molecule has 0 aliphatic heterocycles. The molecule has 0 spiro atoms. The number of fused-ring (bicyclic) bond motifs is 3. The molecule has 0 nitrogen and oxygen atoms in total. The Morgan fingerprint density at radius 1 is 0.0926 bits per heavy atom. The third-order valence-electron chi connectivity index (χ3n) is 15.4. The van der Waals surface area contributed by atoms with Crippen molar-refractivity contribution in [1.29, 1.82) is 0 Å². The molecule has 0 aromatic heterocycles. The largest absolute Gasteiger partial charge is 0.0444 e. The average molecular weight is 721 g/mol. The fraction of sp³-hybridized carbons (Fsp3) is 0.444. The molecule has 0 radical (unpaired) electrons. The topological polar surface area (TPSA) is 0 Å². The standard InChI is InChI=1S/3C18H24/c3*1-9-10(2)14(6)18-16(8)12(4)11(3)15(7)17(18)13(9)5/h3*1-8H3. The van der Waals surface area contributed by atoms with Gasteiger partial charge in [0, 0.05) is 0 Å². The highest BCUT2D eigenvalue weighted by Gasteiger charge is 2.19. The first kappa shape index (κ1) is 42.8. The van der Waals surface area contributed by atoms with Gasteiger partial charge in [-0.15, -0.1) is 0 Å². The number of aryl methyl sites for hydroxylation is 12. The van der Waals surface area contributed by atoms with Crippen LogP contribution in [-0.4, -0.2) is 0 Å². The van der Waals surface area contributed by atoms with Gasteiger partial charge in [-0.1, -0.05) is 0 Å². The van der Waals surface area contributed by atoms with E-state index in [1.807, 2.05) is 0 Å². The maximum absolute atomic E-state index is 2.27. The fourth-order valence-corrected chi connectivity index (χ4v) is 9.56. The fourth-order valence-electron chi connectivity index (χ4n) is 9.56. The molecule has 288 valence electrons. The van der Waals surface area contributed by atoms with Gasteiger partial charge in [0.2, 0.25) is 0 Å². The van der Waals surface area contributed by atoms with Crippen molar-refractivity contribution in [2.45, 2.75) is 166 Å². The molecule has 0 aliphatic rings. The van der Waals surface area contributed by atoms with Gasteiger partial charge in [-0.25, -0.2) is 0 Å². The van der Waals surface area contributed by atoms with E-state index in [9.17, 15) is 0 Å². The second-order valence-electron chi connectivity index (χ2n) is 17.2. The molecular formula is C54H72. The minimum atomic E-state index is 1.45. The van der Waals surface area contributed by atoms with Crippen LogP contribution in [-0.2, 0) is 0 Å². The quantitative estimate of drug-likeness (QED) is 0.147. The van der Waals surface area contributed by atoms with Crippen LogP contribution in [0.15, 0.2) is 0 Å². The average Bonchev–Trinajstić information content (AvgIpc) is 3.14. The first-order valence-electron chi connectivity index (χ1n) is 20.2. The SMILES string of the molecule is Cc1c(C)c(C)c2c(C)c(C)c(C)c(C)c2c1C.Cc1c(C)c(C)c2c(C)c(C)c(C)c(C)c2c1C.Cc1c(C)c(C)c2c(C)c(C)c(C)c(C)c2c1C. The van der Waals surface area contributed by atoms with Crippen molar-refractivity contribution in [3.63, 3.8) is 0 Å². The van der Waals surface area contributed by atoms with Crippen LogP contribution >= 0.6 is 0 Å². The van der Waals surface area contributed by atoms with Gasteiger partial charge in [0.25, 0.3) is 0 Å². The van der Waals surface area contributed by atoms with Crippen LogP contribution in [0, 0.1) is 166 Å². The lowest BCUT2D eigenvalue weighted by Crippen LogP contribution is -2.01. The Hall–Kier alpha value is -3.90. The summed E-state index contributed by atoms with van der Waals surface area (Å²) in [4.78, 5) is 0. The Labute approximate surface area is 330 Å². The van der Waals surface area contributed by atoms with Crippen LogP contribution in [0.4, 0.5) is 0 Å². The molecule has 0 heteroatoms. The molecule has 6 aromatic carbocycles. The van der Waals surface area contributed by atoms with Crippen LogP contribution in [0.25, 0.3) is 32.3 Å². The summed E-state index contributed by atoms with van der Waals surface area (Å²) < 4.78 is 0. The van der Waals surface area contributed by atoms with Crippen LogP contribution < -0.4 is 0 Å². The van der Waals surface area contributed by atoms with Crippen molar-refractivity contribution in [2.24, 2.45) is 0 Å². The van der Waals surface area contributed by atoms with E-state index in [0.717, 1.165) is 0 Å². The molecule has 0 aliphatic carbocycles. The lowest BCUT2D eigenvalue weighted by molar-refractivity contribution is 1.20. The summed E-state index contributed by atoms with van der Waals surface area (Å²) in [7, 11) is 0. The summed E-state index contributed by atoms with van der Waals surface area (Å²) in [6.07, 6.45) is 0. The van der Waals surface area contributed by atoms with E-state index in [1.165, 1.54) is 166 Å². The molecule has 0 atom stereocenters. The second-order valence-corrected chi connectivity index (χ2v) is 17.2. The maximum Gasteiger partial charge on any atom is -0.0114 e. The van der Waals surface area contributed by atoms with Gasteiger partial charge in [-0.2, -0.15) is 0 Å². The molecule has 0 bridgehead atoms. The van der Waals surface area contributed by atoms with Crippen LogP contribution in [0.3, 0.4) is 0 Å². The molecule has 0 fully saturated rings. The van der Waals surface area contributed by atoms with Gasteiger partial charge in [0.1, 0.15) is 0 Å². The Morgan fingerprint density at radius 2 is 0.148 bits per heavy atom. The smallest absolute Gasteiger partial charge is 0.0114 e. The van der Waals surface area contributed by atoms with Gasteiger partial charge in [-0.3, -0.25) is 0 Å². The third kappa shape index (κ3) is 6.50. The zero-order valence-electron chi connectivity index (χ0n) is 39.0. The van der Waals surface area contributed by atoms with Gasteiger partial charge in [-0.05, 0) is 332 Å². The first-order chi connectivity index (χ1) is 24.9. The summed E-state index contributed by atoms with van der Waals surface area (Å²) in [6.45, 7) is 54.2. The zero-order valence-corrected chi connectivity index (χ0v) is 39.0. The number of hydrogen-bond acceptors (Lipinski definition) is 0. The molecule has 0 N–H and O–H groups in total. The molecule has 6 rings (SSSR count). The molecule has 0 saturated heterocycles. The normalized spacial score (nSPS) is 11.3. The lowest BCUT2D eigenvalue weighted by atomic mass is 9.83. The minimum absolute atomic E-state index is 1.45. The third-order valence-corrected chi connectivity index (χ3v) is 15.4. The Bertz CT molecular complexity index is 1920. The molecule has 54 heavy (non-hydrogen) atoms. The van der Waals surface area contributed by atoms with Crippen molar-refractivity contribution in [3.05, 3.63) is 134 Å². The number of benzene rings is 6. The van der Waals surface area contributed by atoms with Gasteiger partial charge >= 0.3 is 0 Å². The summed E-state index contributed by atoms with van der Waals surface area (Å²) >= 11 is 0. The Balaban J connectivity index is 0.000000180. The van der Waals surface area contributed by atoms with E-state index in [1.54, 1.807) is 0 Å². The van der Waals surface area contributed by atoms with E-state index in [4.69, 9.17) is 0 Å². The minimum Gasteiger partial charge on any atom is -0.0444 e. The van der Waals surface area contributed by atoms with Gasteiger partial charge in [0.15, 0.2) is 0 Å². The summed E-state index contributed by atoms with van der Waals surface area (Å²) in [6, 6.07) is 0. The Kier molecular flexibility index (Phi) is 12.2. The van der Waals surface area contributed by atoms with Crippen molar-refractivity contribution < 1.29 is 0 Å². The van der Waals surface area contributed by atoms with Crippen molar-refractivity contribution in [3.8, 4) is 0 Å². The van der Waals surface area contributed by atoms with E-state index in [-0.39, 0.29) is 0 Å². The van der Waals surface area contributed by atoms with E-state index in [2.05, 4.69) is 166 Å². The van der Waals surface area contributed by atoms with E-state index < -0.39 is 0 Å². The van der Waals surface area contributed by atoms with Gasteiger partial charge < -0.3 is 0 Å². The predicted octanol–water partition coefficient (Wildman–Crippen LogP) is 15.9. The Morgan fingerprint density at radius 3 is 0.204 bits per heavy atom.